The Morgan fingerprint density at radius 1 is 1.42 bits per heavy atom. The van der Waals surface area contributed by atoms with Crippen LogP contribution in [0.2, 0.25) is 0 Å². The molecule has 0 saturated heterocycles. The first-order valence-corrected chi connectivity index (χ1v) is 4.28. The van der Waals surface area contributed by atoms with Crippen LogP contribution in [0.5, 0.6) is 0 Å². The molecule has 1 saturated carbocycles. The third-order valence-corrected chi connectivity index (χ3v) is 2.36. The number of benzene rings is 1. The van der Waals surface area contributed by atoms with E-state index in [2.05, 4.69) is 0 Å². The zero-order chi connectivity index (χ0) is 8.55. The van der Waals surface area contributed by atoms with Gasteiger partial charge in [0, 0.05) is 6.04 Å². The molecule has 0 heterocycles. The highest BCUT2D eigenvalue weighted by Gasteiger charge is 2.29. The van der Waals surface area contributed by atoms with Crippen molar-refractivity contribution in [1.29, 1.82) is 0 Å². The normalized spacial score (nSPS) is 19.2. The second-order valence-corrected chi connectivity index (χ2v) is 3.42. The Morgan fingerprint density at radius 2 is 2.17 bits per heavy atom. The predicted molar refractivity (Wildman–Crippen MR) is 46.1 cm³/mol. The fraction of sp³-hybridized carbons (Fsp3) is 0.400. The summed E-state index contributed by atoms with van der Waals surface area (Å²) in [5, 5.41) is 0. The number of halogens is 1. The highest BCUT2D eigenvalue weighted by molar-refractivity contribution is 5.21. The van der Waals surface area contributed by atoms with Gasteiger partial charge in [0.05, 0.1) is 0 Å². The minimum absolute atomic E-state index is 0.0423. The number of nitrogens with two attached hydrogens (primary N) is 1. The van der Waals surface area contributed by atoms with Crippen LogP contribution in [-0.2, 0) is 0 Å². The smallest absolute Gasteiger partial charge is 0.123 e. The second-order valence-electron chi connectivity index (χ2n) is 3.42. The molecule has 2 heteroatoms. The van der Waals surface area contributed by atoms with Crippen LogP contribution in [0.25, 0.3) is 0 Å². The molecule has 2 rings (SSSR count). The molecular formula is C10H12FN. The number of hydrogen-bond donors (Lipinski definition) is 1. The fourth-order valence-electron chi connectivity index (χ4n) is 1.44. The summed E-state index contributed by atoms with van der Waals surface area (Å²) in [5.74, 6) is 0.399. The predicted octanol–water partition coefficient (Wildman–Crippen LogP) is 2.24. The van der Waals surface area contributed by atoms with Crippen LogP contribution in [0.15, 0.2) is 24.3 Å². The monoisotopic (exact) mass is 165 g/mol. The molecule has 0 aromatic heterocycles. The zero-order valence-corrected chi connectivity index (χ0v) is 6.83. The highest BCUT2D eigenvalue weighted by atomic mass is 19.1. The second kappa shape index (κ2) is 2.87. The molecule has 1 unspecified atom stereocenters. The Labute approximate surface area is 71.4 Å². The Bertz CT molecular complexity index is 281. The van der Waals surface area contributed by atoms with Gasteiger partial charge in [0.1, 0.15) is 5.82 Å². The Hall–Kier alpha value is -0.890. The average molecular weight is 165 g/mol. The van der Waals surface area contributed by atoms with E-state index < -0.39 is 0 Å². The van der Waals surface area contributed by atoms with E-state index in [1.54, 1.807) is 6.07 Å². The highest BCUT2D eigenvalue weighted by Crippen LogP contribution is 2.39. The average Bonchev–Trinajstić information content (AvgIpc) is 2.85. The van der Waals surface area contributed by atoms with E-state index in [1.807, 2.05) is 6.07 Å². The fourth-order valence-corrected chi connectivity index (χ4v) is 1.44. The summed E-state index contributed by atoms with van der Waals surface area (Å²) in [4.78, 5) is 0. The van der Waals surface area contributed by atoms with Crippen molar-refractivity contribution in [2.75, 3.05) is 0 Å². The van der Waals surface area contributed by atoms with Gasteiger partial charge in [-0.3, -0.25) is 0 Å². The molecule has 2 N–H and O–H groups in total. The van der Waals surface area contributed by atoms with Crippen LogP contribution >= 0.6 is 0 Å². The summed E-state index contributed by atoms with van der Waals surface area (Å²) in [6.45, 7) is 0. The number of rotatable bonds is 2. The van der Waals surface area contributed by atoms with Gasteiger partial charge in [-0.05, 0) is 36.5 Å². The van der Waals surface area contributed by atoms with Crippen molar-refractivity contribution >= 4 is 0 Å². The van der Waals surface area contributed by atoms with Crippen molar-refractivity contribution in [2.45, 2.75) is 18.9 Å². The first-order valence-electron chi connectivity index (χ1n) is 4.28. The Kier molecular flexibility index (Phi) is 1.85. The van der Waals surface area contributed by atoms with E-state index in [0.29, 0.717) is 5.92 Å². The van der Waals surface area contributed by atoms with E-state index in [0.717, 1.165) is 5.56 Å². The van der Waals surface area contributed by atoms with Gasteiger partial charge in [-0.15, -0.1) is 0 Å². The van der Waals surface area contributed by atoms with E-state index >= 15 is 0 Å². The lowest BCUT2D eigenvalue weighted by Crippen LogP contribution is -2.12. The lowest BCUT2D eigenvalue weighted by molar-refractivity contribution is 0.602. The Morgan fingerprint density at radius 3 is 2.75 bits per heavy atom. The van der Waals surface area contributed by atoms with Gasteiger partial charge in [0.25, 0.3) is 0 Å². The van der Waals surface area contributed by atoms with Gasteiger partial charge < -0.3 is 5.73 Å². The maximum absolute atomic E-state index is 12.8. The van der Waals surface area contributed by atoms with Crippen molar-refractivity contribution in [2.24, 2.45) is 11.7 Å². The summed E-state index contributed by atoms with van der Waals surface area (Å²) in [6.07, 6.45) is 2.38. The van der Waals surface area contributed by atoms with Crippen molar-refractivity contribution in [3.05, 3.63) is 35.6 Å². The van der Waals surface area contributed by atoms with Gasteiger partial charge in [-0.25, -0.2) is 4.39 Å². The SMILES string of the molecule is NC(c1cccc(F)c1)C1CC1. The minimum Gasteiger partial charge on any atom is -0.324 e. The van der Waals surface area contributed by atoms with Crippen LogP contribution in [0.4, 0.5) is 4.39 Å². The molecule has 0 aliphatic heterocycles. The van der Waals surface area contributed by atoms with Crippen LogP contribution in [0.3, 0.4) is 0 Å². The zero-order valence-electron chi connectivity index (χ0n) is 6.83. The van der Waals surface area contributed by atoms with Gasteiger partial charge in [0.15, 0.2) is 0 Å². The van der Waals surface area contributed by atoms with Crippen molar-refractivity contribution in [3.8, 4) is 0 Å². The van der Waals surface area contributed by atoms with Gasteiger partial charge in [0.2, 0.25) is 0 Å². The Balaban J connectivity index is 2.20. The van der Waals surface area contributed by atoms with E-state index in [4.69, 9.17) is 5.73 Å². The van der Waals surface area contributed by atoms with Crippen LogP contribution in [0.1, 0.15) is 24.4 Å². The summed E-state index contributed by atoms with van der Waals surface area (Å²) < 4.78 is 12.8. The molecule has 12 heavy (non-hydrogen) atoms. The summed E-state index contributed by atoms with van der Waals surface area (Å²) in [5.41, 5.74) is 6.83. The standard InChI is InChI=1S/C10H12FN/c11-9-3-1-2-8(6-9)10(12)7-4-5-7/h1-3,6-7,10H,4-5,12H2. The van der Waals surface area contributed by atoms with Crippen molar-refractivity contribution < 1.29 is 4.39 Å². The lowest BCUT2D eigenvalue weighted by Gasteiger charge is -2.09. The molecule has 1 aliphatic carbocycles. The van der Waals surface area contributed by atoms with Crippen LogP contribution in [0, 0.1) is 11.7 Å². The minimum atomic E-state index is -0.191. The molecular weight excluding hydrogens is 153 g/mol. The third-order valence-electron chi connectivity index (χ3n) is 2.36. The maximum atomic E-state index is 12.8. The molecule has 1 aromatic rings. The summed E-state index contributed by atoms with van der Waals surface area (Å²) in [6, 6.07) is 6.63. The van der Waals surface area contributed by atoms with E-state index in [1.165, 1.54) is 25.0 Å². The molecule has 0 amide bonds. The maximum Gasteiger partial charge on any atom is 0.123 e. The molecule has 0 radical (unpaired) electrons. The molecule has 1 atom stereocenters. The van der Waals surface area contributed by atoms with Crippen LogP contribution < -0.4 is 5.73 Å². The summed E-state index contributed by atoms with van der Waals surface area (Å²) in [7, 11) is 0. The third kappa shape index (κ3) is 1.48. The topological polar surface area (TPSA) is 26.0 Å². The van der Waals surface area contributed by atoms with Gasteiger partial charge >= 0.3 is 0 Å². The molecule has 1 aromatic carbocycles. The van der Waals surface area contributed by atoms with Crippen molar-refractivity contribution in [3.63, 3.8) is 0 Å². The van der Waals surface area contributed by atoms with E-state index in [9.17, 15) is 4.39 Å². The molecule has 1 nitrogen and oxygen atoms in total. The molecule has 1 fully saturated rings. The lowest BCUT2D eigenvalue weighted by atomic mass is 10.0. The molecule has 64 valence electrons. The van der Waals surface area contributed by atoms with E-state index in [-0.39, 0.29) is 11.9 Å². The quantitative estimate of drug-likeness (QED) is 0.714. The molecule has 0 bridgehead atoms. The van der Waals surface area contributed by atoms with Gasteiger partial charge in [-0.2, -0.15) is 0 Å². The summed E-state index contributed by atoms with van der Waals surface area (Å²) >= 11 is 0. The number of hydrogen-bond acceptors (Lipinski definition) is 1. The molecule has 0 spiro atoms. The first-order chi connectivity index (χ1) is 5.77. The van der Waals surface area contributed by atoms with Gasteiger partial charge in [-0.1, -0.05) is 12.1 Å². The first kappa shape index (κ1) is 7.74. The largest absolute Gasteiger partial charge is 0.324 e. The van der Waals surface area contributed by atoms with Crippen LogP contribution in [-0.4, -0.2) is 0 Å². The van der Waals surface area contributed by atoms with Crippen molar-refractivity contribution in [1.82, 2.24) is 0 Å². The molecule has 1 aliphatic rings.